The van der Waals surface area contributed by atoms with Crippen LogP contribution in [-0.4, -0.2) is 32.4 Å². The summed E-state index contributed by atoms with van der Waals surface area (Å²) < 4.78 is 53.0. The van der Waals surface area contributed by atoms with E-state index >= 15 is 0 Å². The lowest BCUT2D eigenvalue weighted by molar-refractivity contribution is 0.322. The minimum Gasteiger partial charge on any atom is -0.329 e. The van der Waals surface area contributed by atoms with E-state index in [1.165, 1.54) is 7.05 Å². The molecule has 128 valence electrons. The van der Waals surface area contributed by atoms with Crippen molar-refractivity contribution in [2.45, 2.75) is 31.2 Å². The van der Waals surface area contributed by atoms with Crippen LogP contribution in [0.1, 0.15) is 20.3 Å². The predicted octanol–water partition coefficient (Wildman–Crippen LogP) is 3.14. The van der Waals surface area contributed by atoms with Crippen LogP contribution >= 0.6 is 28.3 Å². The molecule has 1 rings (SSSR count). The highest BCUT2D eigenvalue weighted by molar-refractivity contribution is 9.10. The molecule has 1 aromatic rings. The lowest BCUT2D eigenvalue weighted by Crippen LogP contribution is -2.42. The van der Waals surface area contributed by atoms with E-state index in [9.17, 15) is 17.2 Å². The van der Waals surface area contributed by atoms with Crippen LogP contribution in [0.2, 0.25) is 0 Å². The van der Waals surface area contributed by atoms with Gasteiger partial charge in [-0.1, -0.05) is 13.8 Å². The molecular formula is C13H20BrClF2N2O2S. The van der Waals surface area contributed by atoms with Crippen LogP contribution in [0.15, 0.2) is 21.5 Å². The maximum atomic E-state index is 13.8. The molecule has 0 aromatic heterocycles. The van der Waals surface area contributed by atoms with E-state index in [2.05, 4.69) is 15.9 Å². The zero-order valence-electron chi connectivity index (χ0n) is 12.5. The lowest BCUT2D eigenvalue weighted by atomic mass is 10.0. The summed E-state index contributed by atoms with van der Waals surface area (Å²) in [6, 6.07) is 1.03. The van der Waals surface area contributed by atoms with E-state index in [1.54, 1.807) is 0 Å². The second-order valence-corrected chi connectivity index (χ2v) is 8.06. The number of sulfonamides is 1. The molecule has 0 aliphatic rings. The molecule has 22 heavy (non-hydrogen) atoms. The van der Waals surface area contributed by atoms with Gasteiger partial charge in [0.2, 0.25) is 10.0 Å². The largest absolute Gasteiger partial charge is 0.329 e. The maximum Gasteiger partial charge on any atom is 0.246 e. The summed E-state index contributed by atoms with van der Waals surface area (Å²) in [6.45, 7) is 4.01. The van der Waals surface area contributed by atoms with Gasteiger partial charge < -0.3 is 5.73 Å². The maximum absolute atomic E-state index is 13.8. The van der Waals surface area contributed by atoms with Gasteiger partial charge in [0.05, 0.1) is 4.47 Å². The zero-order chi connectivity index (χ0) is 16.4. The molecule has 0 aliphatic carbocycles. The Kier molecular flexibility index (Phi) is 8.43. The van der Waals surface area contributed by atoms with Crippen molar-refractivity contribution >= 4 is 38.4 Å². The summed E-state index contributed by atoms with van der Waals surface area (Å²) in [5.74, 6) is -1.74. The predicted molar refractivity (Wildman–Crippen MR) is 88.6 cm³/mol. The Hall–Kier alpha value is -0.280. The molecular weight excluding hydrogens is 402 g/mol. The van der Waals surface area contributed by atoms with Gasteiger partial charge in [0, 0.05) is 25.7 Å². The average Bonchev–Trinajstić information content (AvgIpc) is 2.38. The van der Waals surface area contributed by atoms with Gasteiger partial charge in [-0.3, -0.25) is 0 Å². The monoisotopic (exact) mass is 420 g/mol. The fourth-order valence-corrected chi connectivity index (χ4v) is 3.93. The number of nitrogens with two attached hydrogens (primary N) is 1. The third kappa shape index (κ3) is 4.86. The third-order valence-electron chi connectivity index (χ3n) is 3.16. The quantitative estimate of drug-likeness (QED) is 0.718. The molecule has 0 amide bonds. The number of likely N-dealkylation sites (N-methyl/N-ethyl adjacent to an activating group) is 1. The summed E-state index contributed by atoms with van der Waals surface area (Å²) >= 11 is 2.87. The molecule has 1 unspecified atom stereocenters. The SMILES string of the molecule is CC(C)CC(CN)N(C)S(=O)(=O)c1cc(Br)c(F)cc1F.Cl. The Morgan fingerprint density at radius 1 is 1.27 bits per heavy atom. The van der Waals surface area contributed by atoms with Crippen molar-refractivity contribution in [2.75, 3.05) is 13.6 Å². The molecule has 0 saturated carbocycles. The van der Waals surface area contributed by atoms with Crippen LogP contribution in [0, 0.1) is 17.6 Å². The number of nitrogens with zero attached hydrogens (tertiary/aromatic N) is 1. The van der Waals surface area contributed by atoms with Crippen molar-refractivity contribution in [3.8, 4) is 0 Å². The van der Waals surface area contributed by atoms with Crippen LogP contribution in [0.3, 0.4) is 0 Å². The first-order chi connectivity index (χ1) is 9.61. The van der Waals surface area contributed by atoms with Crippen LogP contribution in [0.4, 0.5) is 8.78 Å². The number of rotatable bonds is 6. The Morgan fingerprint density at radius 3 is 2.27 bits per heavy atom. The van der Waals surface area contributed by atoms with Gasteiger partial charge in [-0.25, -0.2) is 17.2 Å². The Morgan fingerprint density at radius 2 is 1.82 bits per heavy atom. The summed E-state index contributed by atoms with van der Waals surface area (Å²) in [7, 11) is -2.73. The highest BCUT2D eigenvalue weighted by Crippen LogP contribution is 2.27. The summed E-state index contributed by atoms with van der Waals surface area (Å²) in [4.78, 5) is -0.569. The molecule has 0 fully saturated rings. The summed E-state index contributed by atoms with van der Waals surface area (Å²) in [6.07, 6.45) is 0.552. The fourth-order valence-electron chi connectivity index (χ4n) is 1.99. The smallest absolute Gasteiger partial charge is 0.246 e. The first-order valence-electron chi connectivity index (χ1n) is 6.43. The Bertz CT molecular complexity index is 614. The average molecular weight is 422 g/mol. The van der Waals surface area contributed by atoms with Gasteiger partial charge in [-0.05, 0) is 34.3 Å². The first kappa shape index (κ1) is 21.7. The van der Waals surface area contributed by atoms with Crippen LogP contribution in [-0.2, 0) is 10.0 Å². The van der Waals surface area contributed by atoms with E-state index in [1.807, 2.05) is 13.8 Å². The van der Waals surface area contributed by atoms with Crippen molar-refractivity contribution in [1.29, 1.82) is 0 Å². The van der Waals surface area contributed by atoms with Crippen LogP contribution < -0.4 is 5.73 Å². The highest BCUT2D eigenvalue weighted by atomic mass is 79.9. The van der Waals surface area contributed by atoms with E-state index < -0.39 is 32.6 Å². The Balaban J connectivity index is 0.00000441. The molecule has 2 N–H and O–H groups in total. The minimum atomic E-state index is -4.08. The first-order valence-corrected chi connectivity index (χ1v) is 8.67. The number of hydrogen-bond acceptors (Lipinski definition) is 3. The molecule has 1 atom stereocenters. The van der Waals surface area contributed by atoms with Gasteiger partial charge in [-0.15, -0.1) is 12.4 Å². The zero-order valence-corrected chi connectivity index (χ0v) is 15.7. The van der Waals surface area contributed by atoms with E-state index in [0.717, 1.165) is 10.4 Å². The fraction of sp³-hybridized carbons (Fsp3) is 0.538. The van der Waals surface area contributed by atoms with Gasteiger partial charge in [0.15, 0.2) is 0 Å². The standard InChI is InChI=1S/C13H19BrF2N2O2S.ClH/c1-8(2)4-9(7-17)18(3)21(19,20)13-5-10(14)11(15)6-12(13)16;/h5-6,8-9H,4,7,17H2,1-3H3;1H. The van der Waals surface area contributed by atoms with Gasteiger partial charge >= 0.3 is 0 Å². The second-order valence-electron chi connectivity index (χ2n) is 5.24. The van der Waals surface area contributed by atoms with Gasteiger partial charge in [0.1, 0.15) is 16.5 Å². The number of halogens is 4. The van der Waals surface area contributed by atoms with Crippen molar-refractivity contribution in [3.63, 3.8) is 0 Å². The molecule has 0 radical (unpaired) electrons. The summed E-state index contributed by atoms with van der Waals surface area (Å²) in [5.41, 5.74) is 5.62. The van der Waals surface area contributed by atoms with Crippen molar-refractivity contribution in [1.82, 2.24) is 4.31 Å². The van der Waals surface area contributed by atoms with E-state index in [4.69, 9.17) is 5.73 Å². The molecule has 4 nitrogen and oxygen atoms in total. The molecule has 0 heterocycles. The topological polar surface area (TPSA) is 63.4 Å². The van der Waals surface area contributed by atoms with Gasteiger partial charge in [0.25, 0.3) is 0 Å². The highest BCUT2D eigenvalue weighted by Gasteiger charge is 2.30. The van der Waals surface area contributed by atoms with Crippen molar-refractivity contribution < 1.29 is 17.2 Å². The lowest BCUT2D eigenvalue weighted by Gasteiger charge is -2.28. The summed E-state index contributed by atoms with van der Waals surface area (Å²) in [5, 5.41) is 0. The van der Waals surface area contributed by atoms with E-state index in [-0.39, 0.29) is 29.3 Å². The molecule has 0 bridgehead atoms. The molecule has 0 aliphatic heterocycles. The minimum absolute atomic E-state index is 0. The van der Waals surface area contributed by atoms with E-state index in [0.29, 0.717) is 12.5 Å². The van der Waals surface area contributed by atoms with Crippen molar-refractivity contribution in [3.05, 3.63) is 28.2 Å². The molecule has 0 saturated heterocycles. The molecule has 0 spiro atoms. The van der Waals surface area contributed by atoms with Crippen molar-refractivity contribution in [2.24, 2.45) is 11.7 Å². The third-order valence-corrected chi connectivity index (χ3v) is 5.69. The second kappa shape index (κ2) is 8.54. The van der Waals surface area contributed by atoms with Crippen LogP contribution in [0.25, 0.3) is 0 Å². The normalized spacial score (nSPS) is 13.3. The van der Waals surface area contributed by atoms with Gasteiger partial charge in [-0.2, -0.15) is 4.31 Å². The molecule has 1 aromatic carbocycles. The number of hydrogen-bond donors (Lipinski definition) is 1. The van der Waals surface area contributed by atoms with Crippen LogP contribution in [0.5, 0.6) is 0 Å². The Labute approximate surface area is 144 Å². The molecule has 9 heteroatoms. The number of benzene rings is 1.